The van der Waals surface area contributed by atoms with Gasteiger partial charge in [-0.3, -0.25) is 4.90 Å². The van der Waals surface area contributed by atoms with Gasteiger partial charge in [0.1, 0.15) is 0 Å². The quantitative estimate of drug-likeness (QED) is 0.334. The first-order chi connectivity index (χ1) is 13.1. The van der Waals surface area contributed by atoms with Gasteiger partial charge in [-0.15, -0.1) is 0 Å². The molecule has 0 radical (unpaired) electrons. The van der Waals surface area contributed by atoms with Crippen LogP contribution in [0.3, 0.4) is 0 Å². The topological polar surface area (TPSA) is 48.9 Å². The lowest BCUT2D eigenvalue weighted by Crippen LogP contribution is -2.38. The van der Waals surface area contributed by atoms with Gasteiger partial charge in [0.15, 0.2) is 5.96 Å². The molecule has 5 nitrogen and oxygen atoms in total. The fourth-order valence-corrected chi connectivity index (χ4v) is 2.74. The van der Waals surface area contributed by atoms with Crippen LogP contribution in [0.15, 0.2) is 29.3 Å². The molecule has 0 unspecified atom stereocenters. The molecule has 0 aromatic heterocycles. The number of hydrogen-bond acceptors (Lipinski definition) is 3. The molecule has 1 fully saturated rings. The van der Waals surface area contributed by atoms with Crippen LogP contribution in [-0.4, -0.2) is 50.3 Å². The summed E-state index contributed by atoms with van der Waals surface area (Å²) in [6.07, 6.45) is 3.71. The summed E-state index contributed by atoms with van der Waals surface area (Å²) in [6, 6.07) is 9.13. The highest BCUT2D eigenvalue weighted by molar-refractivity contribution is 5.79. The van der Waals surface area contributed by atoms with Crippen molar-refractivity contribution < 1.29 is 4.74 Å². The predicted molar refractivity (Wildman–Crippen MR) is 114 cm³/mol. The molecule has 2 rings (SSSR count). The fraction of sp³-hybridized carbons (Fsp3) is 0.682. The summed E-state index contributed by atoms with van der Waals surface area (Å²) in [5.74, 6) is 1.72. The number of nitrogens with zero attached hydrogens (tertiary/aromatic N) is 2. The number of nitrogens with one attached hydrogen (secondary N) is 2. The van der Waals surface area contributed by atoms with Crippen molar-refractivity contribution in [1.29, 1.82) is 0 Å². The van der Waals surface area contributed by atoms with Gasteiger partial charge >= 0.3 is 0 Å². The standard InChI is InChI=1S/C22H38N4O/c1-5-23-22(24-13-8-14-27-17-19-11-12-19)25-15-20-9-6-7-10-21(20)16-26(4)18(2)3/h6-7,9-10,18-19H,5,8,11-17H2,1-4H3,(H2,23,24,25). The summed E-state index contributed by atoms with van der Waals surface area (Å²) in [5, 5.41) is 6.76. The fourth-order valence-electron chi connectivity index (χ4n) is 2.74. The molecule has 0 heterocycles. The highest BCUT2D eigenvalue weighted by Gasteiger charge is 2.20. The summed E-state index contributed by atoms with van der Waals surface area (Å²) in [5.41, 5.74) is 2.64. The van der Waals surface area contributed by atoms with E-state index in [1.165, 1.54) is 24.0 Å². The van der Waals surface area contributed by atoms with Crippen LogP contribution in [0.5, 0.6) is 0 Å². The molecule has 5 heteroatoms. The van der Waals surface area contributed by atoms with E-state index in [2.05, 4.69) is 67.6 Å². The largest absolute Gasteiger partial charge is 0.381 e. The molecule has 1 aromatic rings. The van der Waals surface area contributed by atoms with Gasteiger partial charge in [0.05, 0.1) is 6.54 Å². The van der Waals surface area contributed by atoms with E-state index in [4.69, 9.17) is 9.73 Å². The van der Waals surface area contributed by atoms with Gasteiger partial charge < -0.3 is 15.4 Å². The maximum atomic E-state index is 5.70. The highest BCUT2D eigenvalue weighted by Crippen LogP contribution is 2.28. The van der Waals surface area contributed by atoms with Gasteiger partial charge in [0.2, 0.25) is 0 Å². The number of benzene rings is 1. The maximum Gasteiger partial charge on any atom is 0.191 e. The van der Waals surface area contributed by atoms with Gasteiger partial charge in [0, 0.05) is 38.9 Å². The zero-order valence-electron chi connectivity index (χ0n) is 17.6. The normalized spacial score (nSPS) is 14.8. The van der Waals surface area contributed by atoms with Crippen molar-refractivity contribution in [3.8, 4) is 0 Å². The zero-order chi connectivity index (χ0) is 19.5. The van der Waals surface area contributed by atoms with Crippen molar-refractivity contribution >= 4 is 5.96 Å². The number of ether oxygens (including phenoxy) is 1. The molecule has 0 aliphatic heterocycles. The molecule has 0 saturated heterocycles. The summed E-state index contributed by atoms with van der Waals surface area (Å²) in [6.45, 7) is 11.7. The van der Waals surface area contributed by atoms with E-state index < -0.39 is 0 Å². The lowest BCUT2D eigenvalue weighted by Gasteiger charge is -2.22. The van der Waals surface area contributed by atoms with Crippen LogP contribution in [0, 0.1) is 5.92 Å². The molecule has 0 spiro atoms. The van der Waals surface area contributed by atoms with Crippen molar-refractivity contribution in [2.75, 3.05) is 33.4 Å². The average molecular weight is 375 g/mol. The summed E-state index contributed by atoms with van der Waals surface area (Å²) in [7, 11) is 2.17. The predicted octanol–water partition coefficient (Wildman–Crippen LogP) is 3.40. The molecular weight excluding hydrogens is 336 g/mol. The molecule has 0 bridgehead atoms. The minimum absolute atomic E-state index is 0.530. The molecule has 0 amide bonds. The Kier molecular flexibility index (Phi) is 9.64. The van der Waals surface area contributed by atoms with Gasteiger partial charge in [-0.05, 0) is 64.1 Å². The Bertz CT molecular complexity index is 569. The average Bonchev–Trinajstić information content (AvgIpc) is 3.47. The van der Waals surface area contributed by atoms with Gasteiger partial charge in [0.25, 0.3) is 0 Å². The highest BCUT2D eigenvalue weighted by atomic mass is 16.5. The van der Waals surface area contributed by atoms with E-state index in [0.29, 0.717) is 12.6 Å². The first kappa shape index (κ1) is 21.7. The van der Waals surface area contributed by atoms with E-state index >= 15 is 0 Å². The lowest BCUT2D eigenvalue weighted by atomic mass is 10.1. The Morgan fingerprint density at radius 2 is 1.96 bits per heavy atom. The van der Waals surface area contributed by atoms with E-state index in [1.54, 1.807) is 0 Å². The van der Waals surface area contributed by atoms with Gasteiger partial charge in [-0.25, -0.2) is 4.99 Å². The van der Waals surface area contributed by atoms with Crippen LogP contribution in [-0.2, 0) is 17.8 Å². The molecule has 0 atom stereocenters. The van der Waals surface area contributed by atoms with Crippen LogP contribution in [0.4, 0.5) is 0 Å². The van der Waals surface area contributed by atoms with E-state index in [1.807, 2.05) is 0 Å². The van der Waals surface area contributed by atoms with Crippen molar-refractivity contribution in [2.45, 2.75) is 59.2 Å². The Labute approximate surface area is 165 Å². The SMILES string of the molecule is CCNC(=NCc1ccccc1CN(C)C(C)C)NCCCOCC1CC1. The molecule has 27 heavy (non-hydrogen) atoms. The van der Waals surface area contributed by atoms with Crippen LogP contribution in [0.2, 0.25) is 0 Å². The molecule has 1 aromatic carbocycles. The zero-order valence-corrected chi connectivity index (χ0v) is 17.6. The smallest absolute Gasteiger partial charge is 0.191 e. The molecular formula is C22H38N4O. The molecule has 152 valence electrons. The minimum Gasteiger partial charge on any atom is -0.381 e. The monoisotopic (exact) mass is 374 g/mol. The van der Waals surface area contributed by atoms with Crippen molar-refractivity contribution in [1.82, 2.24) is 15.5 Å². The Morgan fingerprint density at radius 1 is 1.22 bits per heavy atom. The second-order valence-electron chi connectivity index (χ2n) is 7.77. The summed E-state index contributed by atoms with van der Waals surface area (Å²) in [4.78, 5) is 7.14. The van der Waals surface area contributed by atoms with Gasteiger partial charge in [-0.2, -0.15) is 0 Å². The van der Waals surface area contributed by atoms with E-state index in [0.717, 1.165) is 51.1 Å². The molecule has 1 saturated carbocycles. The number of guanidine groups is 1. The van der Waals surface area contributed by atoms with Crippen LogP contribution >= 0.6 is 0 Å². The molecule has 1 aliphatic carbocycles. The maximum absolute atomic E-state index is 5.70. The number of aliphatic imine (C=N–C) groups is 1. The number of hydrogen-bond donors (Lipinski definition) is 2. The Balaban J connectivity index is 1.81. The molecule has 2 N–H and O–H groups in total. The Morgan fingerprint density at radius 3 is 2.63 bits per heavy atom. The third-order valence-corrected chi connectivity index (χ3v) is 4.98. The second-order valence-corrected chi connectivity index (χ2v) is 7.77. The first-order valence-electron chi connectivity index (χ1n) is 10.5. The van der Waals surface area contributed by atoms with Crippen LogP contribution < -0.4 is 10.6 Å². The minimum atomic E-state index is 0.530. The van der Waals surface area contributed by atoms with E-state index in [-0.39, 0.29) is 0 Å². The van der Waals surface area contributed by atoms with Crippen LogP contribution in [0.25, 0.3) is 0 Å². The lowest BCUT2D eigenvalue weighted by molar-refractivity contribution is 0.123. The third kappa shape index (κ3) is 8.76. The third-order valence-electron chi connectivity index (χ3n) is 4.98. The summed E-state index contributed by atoms with van der Waals surface area (Å²) < 4.78 is 5.70. The van der Waals surface area contributed by atoms with Crippen molar-refractivity contribution in [3.05, 3.63) is 35.4 Å². The summed E-state index contributed by atoms with van der Waals surface area (Å²) >= 11 is 0. The van der Waals surface area contributed by atoms with Crippen molar-refractivity contribution in [3.63, 3.8) is 0 Å². The number of rotatable bonds is 12. The van der Waals surface area contributed by atoms with Crippen LogP contribution in [0.1, 0.15) is 51.2 Å². The van der Waals surface area contributed by atoms with Gasteiger partial charge in [-0.1, -0.05) is 24.3 Å². The van der Waals surface area contributed by atoms with E-state index in [9.17, 15) is 0 Å². The molecule has 1 aliphatic rings. The second kappa shape index (κ2) is 12.0. The van der Waals surface area contributed by atoms with Crippen molar-refractivity contribution in [2.24, 2.45) is 10.9 Å². The Hall–Kier alpha value is -1.59. The first-order valence-corrected chi connectivity index (χ1v) is 10.5.